The molecule has 2 aromatic carbocycles. The molecule has 0 fully saturated rings. The molecule has 3 rings (SSSR count). The molecule has 26 heavy (non-hydrogen) atoms. The first-order chi connectivity index (χ1) is 12.4. The lowest BCUT2D eigenvalue weighted by atomic mass is 10.2. The predicted octanol–water partition coefficient (Wildman–Crippen LogP) is 4.79. The Hall–Kier alpha value is -2.65. The molecular formula is C17H13BrN4O3S. The molecule has 0 radical (unpaired) electrons. The molecule has 0 saturated carbocycles. The molecule has 0 spiro atoms. The smallest absolute Gasteiger partial charge is 0.274 e. The molecule has 0 bridgehead atoms. The Balaban J connectivity index is 1.88. The Kier molecular flexibility index (Phi) is 5.38. The number of halogens is 1. The number of hydrogen-bond donors (Lipinski definition) is 2. The van der Waals surface area contributed by atoms with Gasteiger partial charge in [0.2, 0.25) is 0 Å². The minimum Gasteiger partial charge on any atom is -0.320 e. The van der Waals surface area contributed by atoms with Gasteiger partial charge in [0.1, 0.15) is 5.69 Å². The van der Waals surface area contributed by atoms with Crippen molar-refractivity contribution in [1.82, 2.24) is 10.2 Å². The Morgan fingerprint density at radius 2 is 1.96 bits per heavy atom. The largest absolute Gasteiger partial charge is 0.320 e. The van der Waals surface area contributed by atoms with Gasteiger partial charge in [-0.25, -0.2) is 0 Å². The Labute approximate surface area is 161 Å². The van der Waals surface area contributed by atoms with E-state index in [0.717, 1.165) is 10.5 Å². The second-order valence-electron chi connectivity index (χ2n) is 5.43. The van der Waals surface area contributed by atoms with Gasteiger partial charge in [-0.3, -0.25) is 20.0 Å². The van der Waals surface area contributed by atoms with Crippen LogP contribution in [-0.2, 0) is 0 Å². The van der Waals surface area contributed by atoms with E-state index in [9.17, 15) is 14.9 Å². The summed E-state index contributed by atoms with van der Waals surface area (Å²) in [5.41, 5.74) is 1.61. The normalized spacial score (nSPS) is 10.5. The first-order valence-electron chi connectivity index (χ1n) is 7.46. The summed E-state index contributed by atoms with van der Waals surface area (Å²) in [7, 11) is 0. The summed E-state index contributed by atoms with van der Waals surface area (Å²) in [6.07, 6.45) is 1.46. The van der Waals surface area contributed by atoms with Crippen LogP contribution in [0.15, 0.2) is 62.9 Å². The van der Waals surface area contributed by atoms with Crippen LogP contribution in [0.1, 0.15) is 16.1 Å². The third kappa shape index (κ3) is 4.30. The molecule has 132 valence electrons. The fraction of sp³-hybridized carbons (Fsp3) is 0.0588. The monoisotopic (exact) mass is 432 g/mol. The molecule has 2 N–H and O–H groups in total. The summed E-state index contributed by atoms with van der Waals surface area (Å²) >= 11 is 4.60. The number of H-pyrrole nitrogens is 1. The van der Waals surface area contributed by atoms with Crippen LogP contribution in [0.4, 0.5) is 11.4 Å². The van der Waals surface area contributed by atoms with Gasteiger partial charge in [-0.1, -0.05) is 29.5 Å². The fourth-order valence-electron chi connectivity index (χ4n) is 2.19. The lowest BCUT2D eigenvalue weighted by molar-refractivity contribution is -0.385. The number of nitro groups is 1. The highest BCUT2D eigenvalue weighted by molar-refractivity contribution is 9.10. The van der Waals surface area contributed by atoms with E-state index >= 15 is 0 Å². The summed E-state index contributed by atoms with van der Waals surface area (Å²) in [5.74, 6) is -0.443. The molecule has 0 aliphatic rings. The second-order valence-corrected chi connectivity index (χ2v) is 7.44. The predicted molar refractivity (Wildman–Crippen MR) is 103 cm³/mol. The van der Waals surface area contributed by atoms with Crippen LogP contribution >= 0.6 is 27.7 Å². The van der Waals surface area contributed by atoms with Gasteiger partial charge in [-0.2, -0.15) is 5.10 Å². The van der Waals surface area contributed by atoms with E-state index in [1.54, 1.807) is 6.07 Å². The van der Waals surface area contributed by atoms with Crippen molar-refractivity contribution in [2.45, 2.75) is 16.7 Å². The maximum Gasteiger partial charge on any atom is 0.274 e. The molecule has 0 aliphatic heterocycles. The third-order valence-corrected chi connectivity index (χ3v) is 5.02. The van der Waals surface area contributed by atoms with Gasteiger partial charge < -0.3 is 5.32 Å². The number of aryl methyl sites for hydroxylation is 1. The van der Waals surface area contributed by atoms with E-state index in [4.69, 9.17) is 0 Å². The molecule has 9 heteroatoms. The zero-order valence-corrected chi connectivity index (χ0v) is 15.9. The maximum absolute atomic E-state index is 12.3. The lowest BCUT2D eigenvalue weighted by Crippen LogP contribution is -2.13. The van der Waals surface area contributed by atoms with Crippen molar-refractivity contribution in [2.75, 3.05) is 5.32 Å². The number of rotatable bonds is 5. The molecule has 0 aliphatic carbocycles. The van der Waals surface area contributed by atoms with Crippen LogP contribution in [-0.4, -0.2) is 21.0 Å². The highest BCUT2D eigenvalue weighted by Crippen LogP contribution is 2.33. The number of non-ortho nitro benzene ring substituents is 1. The first kappa shape index (κ1) is 18.2. The molecule has 1 aromatic heterocycles. The number of hydrogen-bond acceptors (Lipinski definition) is 5. The highest BCUT2D eigenvalue weighted by Gasteiger charge is 2.16. The van der Waals surface area contributed by atoms with Gasteiger partial charge in [-0.05, 0) is 41.1 Å². The number of carbonyl (C=O) groups excluding carboxylic acids is 1. The van der Waals surface area contributed by atoms with Crippen molar-refractivity contribution in [3.63, 3.8) is 0 Å². The van der Waals surface area contributed by atoms with E-state index in [0.29, 0.717) is 15.1 Å². The van der Waals surface area contributed by atoms with Crippen molar-refractivity contribution in [2.24, 2.45) is 0 Å². The maximum atomic E-state index is 12.3. The molecular weight excluding hydrogens is 420 g/mol. The van der Waals surface area contributed by atoms with Crippen molar-refractivity contribution < 1.29 is 9.72 Å². The molecule has 0 saturated heterocycles. The van der Waals surface area contributed by atoms with Crippen LogP contribution in [0, 0.1) is 17.0 Å². The van der Waals surface area contributed by atoms with Crippen LogP contribution in [0.5, 0.6) is 0 Å². The highest BCUT2D eigenvalue weighted by atomic mass is 79.9. The van der Waals surface area contributed by atoms with Gasteiger partial charge in [0.15, 0.2) is 0 Å². The van der Waals surface area contributed by atoms with Gasteiger partial charge in [0, 0.05) is 27.6 Å². The topological polar surface area (TPSA) is 101 Å². The second kappa shape index (κ2) is 7.71. The van der Waals surface area contributed by atoms with E-state index in [-0.39, 0.29) is 11.4 Å². The Morgan fingerprint density at radius 3 is 2.58 bits per heavy atom. The van der Waals surface area contributed by atoms with Crippen LogP contribution in [0.25, 0.3) is 0 Å². The number of carbonyl (C=O) groups is 1. The standard InChI is InChI=1S/C17H13BrN4O3S/c1-10-2-4-13(5-3-10)26-14-7-11(6-12(8-14)22(24)25)20-17(23)16-15(18)9-19-21-16/h2-9H,1H3,(H,19,21)(H,20,23). The third-order valence-electron chi connectivity index (χ3n) is 3.44. The molecule has 7 nitrogen and oxygen atoms in total. The number of benzene rings is 2. The van der Waals surface area contributed by atoms with Crippen molar-refractivity contribution >= 4 is 45.0 Å². The summed E-state index contributed by atoms with van der Waals surface area (Å²) in [4.78, 5) is 24.6. The van der Waals surface area contributed by atoms with Crippen LogP contribution < -0.4 is 5.32 Å². The van der Waals surface area contributed by atoms with Crippen LogP contribution in [0.3, 0.4) is 0 Å². The SMILES string of the molecule is Cc1ccc(Sc2cc(NC(=O)c3[nH]ncc3Br)cc([N+](=O)[O-])c2)cc1. The number of anilines is 1. The average molecular weight is 433 g/mol. The Morgan fingerprint density at radius 1 is 1.23 bits per heavy atom. The van der Waals surface area contributed by atoms with Gasteiger partial charge in [0.05, 0.1) is 15.6 Å². The lowest BCUT2D eigenvalue weighted by Gasteiger charge is -2.08. The van der Waals surface area contributed by atoms with Crippen LogP contribution in [0.2, 0.25) is 0 Å². The molecule has 3 aromatic rings. The van der Waals surface area contributed by atoms with Crippen molar-refractivity contribution in [3.05, 3.63) is 74.5 Å². The van der Waals surface area contributed by atoms with Crippen molar-refractivity contribution in [1.29, 1.82) is 0 Å². The summed E-state index contributed by atoms with van der Waals surface area (Å²) in [6.45, 7) is 1.99. The number of nitrogens with one attached hydrogen (secondary N) is 2. The summed E-state index contributed by atoms with van der Waals surface area (Å²) in [5, 5.41) is 20.2. The number of aromatic amines is 1. The van der Waals surface area contributed by atoms with E-state index in [1.165, 1.54) is 30.1 Å². The molecule has 0 unspecified atom stereocenters. The number of nitro benzene ring substituents is 1. The van der Waals surface area contributed by atoms with E-state index < -0.39 is 10.8 Å². The summed E-state index contributed by atoms with van der Waals surface area (Å²) in [6, 6.07) is 12.3. The molecule has 0 atom stereocenters. The zero-order chi connectivity index (χ0) is 18.7. The number of amides is 1. The van der Waals surface area contributed by atoms with Gasteiger partial charge in [0.25, 0.3) is 11.6 Å². The minimum absolute atomic E-state index is 0.0962. The minimum atomic E-state index is -0.485. The average Bonchev–Trinajstić information content (AvgIpc) is 3.03. The quantitative estimate of drug-likeness (QED) is 0.445. The molecule has 1 heterocycles. The molecule has 1 amide bonds. The summed E-state index contributed by atoms with van der Waals surface area (Å²) < 4.78 is 0.509. The van der Waals surface area contributed by atoms with E-state index in [2.05, 4.69) is 31.4 Å². The van der Waals surface area contributed by atoms with E-state index in [1.807, 2.05) is 31.2 Å². The van der Waals surface area contributed by atoms with Crippen molar-refractivity contribution in [3.8, 4) is 0 Å². The number of nitrogens with zero attached hydrogens (tertiary/aromatic N) is 2. The first-order valence-corrected chi connectivity index (χ1v) is 9.07. The van der Waals surface area contributed by atoms with Gasteiger partial charge >= 0.3 is 0 Å². The Bertz CT molecular complexity index is 972. The zero-order valence-electron chi connectivity index (χ0n) is 13.5. The van der Waals surface area contributed by atoms with Gasteiger partial charge in [-0.15, -0.1) is 0 Å². The number of aromatic nitrogens is 2. The fourth-order valence-corrected chi connectivity index (χ4v) is 3.47.